The van der Waals surface area contributed by atoms with Gasteiger partial charge in [0.15, 0.2) is 0 Å². The molecule has 2 aromatic carbocycles. The van der Waals surface area contributed by atoms with Crippen LogP contribution in [-0.4, -0.2) is 11.2 Å². The number of hydrogen-bond donors (Lipinski definition) is 1. The average molecular weight is 365 g/mol. The first-order valence-corrected chi connectivity index (χ1v) is 7.97. The Hall–Kier alpha value is -2.74. The highest BCUT2D eigenvalue weighted by molar-refractivity contribution is 7.14. The maximum atomic E-state index is 12.9. The molecule has 0 saturated heterocycles. The number of benzene rings is 2. The second-order valence-corrected chi connectivity index (χ2v) is 5.89. The normalized spacial score (nSPS) is 11.8. The van der Waals surface area contributed by atoms with Gasteiger partial charge in [-0.25, -0.2) is 9.37 Å². The molecular weight excluding hydrogens is 354 g/mol. The Balaban J connectivity index is 1.64. The van der Waals surface area contributed by atoms with Crippen molar-refractivity contribution in [3.63, 3.8) is 0 Å². The smallest absolute Gasteiger partial charge is 0.253 e. The number of nitrogens with zero attached hydrogens (tertiary/aromatic N) is 2. The van der Waals surface area contributed by atoms with Crippen molar-refractivity contribution in [3.05, 3.63) is 70.9 Å². The number of hydrazone groups is 1. The van der Waals surface area contributed by atoms with Crippen LogP contribution in [0.1, 0.15) is 11.1 Å². The zero-order chi connectivity index (χ0) is 17.9. The van der Waals surface area contributed by atoms with Crippen LogP contribution in [-0.2, 0) is 6.18 Å². The molecule has 0 radical (unpaired) electrons. The van der Waals surface area contributed by atoms with Gasteiger partial charge in [0, 0.05) is 10.9 Å². The van der Waals surface area contributed by atoms with E-state index in [0.29, 0.717) is 16.4 Å². The summed E-state index contributed by atoms with van der Waals surface area (Å²) < 4.78 is 50.4. The molecule has 0 saturated carbocycles. The summed E-state index contributed by atoms with van der Waals surface area (Å²) in [5.41, 5.74) is 3.99. The van der Waals surface area contributed by atoms with E-state index in [4.69, 9.17) is 0 Å². The number of halogens is 4. The van der Waals surface area contributed by atoms with Crippen molar-refractivity contribution in [2.75, 3.05) is 5.43 Å². The summed E-state index contributed by atoms with van der Waals surface area (Å²) in [6, 6.07) is 10.6. The van der Waals surface area contributed by atoms with Crippen molar-refractivity contribution < 1.29 is 17.6 Å². The first kappa shape index (κ1) is 17.1. The maximum absolute atomic E-state index is 12.9. The Labute approximate surface area is 144 Å². The molecule has 3 nitrogen and oxygen atoms in total. The lowest BCUT2D eigenvalue weighted by Crippen LogP contribution is -2.04. The monoisotopic (exact) mass is 365 g/mol. The average Bonchev–Trinajstić information content (AvgIpc) is 3.04. The Kier molecular flexibility index (Phi) is 4.80. The SMILES string of the molecule is Fc1ccc(-c2csc(N/N=C/c3ccc(C(F)(F)F)cc3)n2)cc1. The third-order valence-corrected chi connectivity index (χ3v) is 4.00. The lowest BCUT2D eigenvalue weighted by Gasteiger charge is -2.05. The van der Waals surface area contributed by atoms with Crippen molar-refractivity contribution in [2.45, 2.75) is 6.18 Å². The van der Waals surface area contributed by atoms with Gasteiger partial charge in [-0.15, -0.1) is 11.3 Å². The molecule has 8 heteroatoms. The van der Waals surface area contributed by atoms with E-state index in [1.807, 2.05) is 0 Å². The van der Waals surface area contributed by atoms with Crippen LogP contribution in [0.3, 0.4) is 0 Å². The fourth-order valence-electron chi connectivity index (χ4n) is 2.00. The summed E-state index contributed by atoms with van der Waals surface area (Å²) in [5.74, 6) is -0.321. The Bertz CT molecular complexity index is 868. The number of aromatic nitrogens is 1. The summed E-state index contributed by atoms with van der Waals surface area (Å²) in [6.07, 6.45) is -2.95. The predicted octanol–water partition coefficient (Wildman–Crippen LogP) is 5.41. The minimum atomic E-state index is -4.36. The van der Waals surface area contributed by atoms with E-state index < -0.39 is 11.7 Å². The Morgan fingerprint density at radius 3 is 2.32 bits per heavy atom. The summed E-state index contributed by atoms with van der Waals surface area (Å²) >= 11 is 1.31. The van der Waals surface area contributed by atoms with Gasteiger partial charge in [-0.1, -0.05) is 12.1 Å². The molecule has 0 unspecified atom stereocenters. The van der Waals surface area contributed by atoms with Gasteiger partial charge in [0.05, 0.1) is 17.5 Å². The van der Waals surface area contributed by atoms with E-state index >= 15 is 0 Å². The van der Waals surface area contributed by atoms with Crippen molar-refractivity contribution in [1.29, 1.82) is 0 Å². The van der Waals surface area contributed by atoms with Crippen LogP contribution in [0, 0.1) is 5.82 Å². The molecule has 0 aliphatic carbocycles. The van der Waals surface area contributed by atoms with Crippen LogP contribution >= 0.6 is 11.3 Å². The lowest BCUT2D eigenvalue weighted by atomic mass is 10.1. The quantitative estimate of drug-likeness (QED) is 0.381. The summed E-state index contributed by atoms with van der Waals surface area (Å²) in [7, 11) is 0. The van der Waals surface area contributed by atoms with Gasteiger partial charge in [0.2, 0.25) is 5.13 Å². The predicted molar refractivity (Wildman–Crippen MR) is 90.2 cm³/mol. The molecule has 1 aromatic heterocycles. The molecule has 0 aliphatic rings. The molecule has 0 atom stereocenters. The van der Waals surface area contributed by atoms with E-state index in [1.165, 1.54) is 41.8 Å². The summed E-state index contributed by atoms with van der Waals surface area (Å²) in [5, 5.41) is 6.27. The van der Waals surface area contributed by atoms with Gasteiger partial charge in [0.1, 0.15) is 5.82 Å². The molecular formula is C17H11F4N3S. The van der Waals surface area contributed by atoms with Crippen molar-refractivity contribution in [3.8, 4) is 11.3 Å². The van der Waals surface area contributed by atoms with E-state index in [1.54, 1.807) is 17.5 Å². The fraction of sp³-hybridized carbons (Fsp3) is 0.0588. The highest BCUT2D eigenvalue weighted by Crippen LogP contribution is 2.29. The standard InChI is InChI=1S/C17H11F4N3S/c18-14-7-3-12(4-8-14)15-10-25-16(23-15)24-22-9-11-1-5-13(6-2-11)17(19,20)21/h1-10H,(H,23,24)/b22-9+. The highest BCUT2D eigenvalue weighted by atomic mass is 32.1. The number of anilines is 1. The number of hydrogen-bond acceptors (Lipinski definition) is 4. The van der Waals surface area contributed by atoms with E-state index in [-0.39, 0.29) is 5.82 Å². The molecule has 0 fully saturated rings. The minimum Gasteiger partial charge on any atom is -0.253 e. The van der Waals surface area contributed by atoms with Crippen LogP contribution < -0.4 is 5.43 Å². The molecule has 25 heavy (non-hydrogen) atoms. The number of nitrogens with one attached hydrogen (secondary N) is 1. The fourth-order valence-corrected chi connectivity index (χ4v) is 2.67. The molecule has 3 aromatic rings. The van der Waals surface area contributed by atoms with Crippen molar-refractivity contribution in [2.24, 2.45) is 5.10 Å². The molecule has 0 spiro atoms. The molecule has 1 heterocycles. The van der Waals surface area contributed by atoms with E-state index in [9.17, 15) is 17.6 Å². The zero-order valence-electron chi connectivity index (χ0n) is 12.6. The second-order valence-electron chi connectivity index (χ2n) is 5.03. The Morgan fingerprint density at radius 2 is 1.68 bits per heavy atom. The van der Waals surface area contributed by atoms with Crippen LogP contribution in [0.25, 0.3) is 11.3 Å². The van der Waals surface area contributed by atoms with E-state index in [2.05, 4.69) is 15.5 Å². The van der Waals surface area contributed by atoms with Gasteiger partial charge in [-0.2, -0.15) is 18.3 Å². The van der Waals surface area contributed by atoms with Crippen molar-refractivity contribution in [1.82, 2.24) is 4.98 Å². The Morgan fingerprint density at radius 1 is 1.00 bits per heavy atom. The molecule has 0 bridgehead atoms. The number of rotatable bonds is 4. The first-order valence-electron chi connectivity index (χ1n) is 7.09. The van der Waals surface area contributed by atoms with Gasteiger partial charge in [0.25, 0.3) is 0 Å². The minimum absolute atomic E-state index is 0.321. The van der Waals surface area contributed by atoms with Gasteiger partial charge < -0.3 is 0 Å². The maximum Gasteiger partial charge on any atom is 0.416 e. The third-order valence-electron chi connectivity index (χ3n) is 3.26. The molecule has 1 N–H and O–H groups in total. The summed E-state index contributed by atoms with van der Waals surface area (Å²) in [6.45, 7) is 0. The van der Waals surface area contributed by atoms with Gasteiger partial charge in [-0.3, -0.25) is 5.43 Å². The topological polar surface area (TPSA) is 37.3 Å². The molecule has 0 aliphatic heterocycles. The second kappa shape index (κ2) is 7.02. The van der Waals surface area contributed by atoms with Gasteiger partial charge >= 0.3 is 6.18 Å². The first-order chi connectivity index (χ1) is 11.9. The van der Waals surface area contributed by atoms with E-state index in [0.717, 1.165) is 17.7 Å². The van der Waals surface area contributed by atoms with Crippen LogP contribution in [0.4, 0.5) is 22.7 Å². The number of thiazole rings is 1. The zero-order valence-corrected chi connectivity index (χ0v) is 13.4. The molecule has 0 amide bonds. The van der Waals surface area contributed by atoms with Crippen LogP contribution in [0.2, 0.25) is 0 Å². The van der Waals surface area contributed by atoms with Gasteiger partial charge in [-0.05, 0) is 42.0 Å². The third kappa shape index (κ3) is 4.42. The molecule has 3 rings (SSSR count). The largest absolute Gasteiger partial charge is 0.416 e. The van der Waals surface area contributed by atoms with Crippen LogP contribution in [0.15, 0.2) is 59.0 Å². The lowest BCUT2D eigenvalue weighted by molar-refractivity contribution is -0.137. The van der Waals surface area contributed by atoms with Crippen LogP contribution in [0.5, 0.6) is 0 Å². The summed E-state index contributed by atoms with van der Waals surface area (Å²) in [4.78, 5) is 4.31. The van der Waals surface area contributed by atoms with Crippen molar-refractivity contribution >= 4 is 22.7 Å². The molecule has 128 valence electrons. The highest BCUT2D eigenvalue weighted by Gasteiger charge is 2.29. The number of alkyl halides is 3.